The molecule has 0 spiro atoms. The Morgan fingerprint density at radius 3 is 1.68 bits per heavy atom. The van der Waals surface area contributed by atoms with Crippen LogP contribution in [0.5, 0.6) is 5.88 Å². The summed E-state index contributed by atoms with van der Waals surface area (Å²) in [5.41, 5.74) is 6.90. The lowest BCUT2D eigenvalue weighted by molar-refractivity contribution is 0.296. The summed E-state index contributed by atoms with van der Waals surface area (Å²) in [7, 11) is 1.62. The van der Waals surface area contributed by atoms with Crippen molar-refractivity contribution in [1.82, 2.24) is 9.88 Å². The molecule has 0 aliphatic rings. The van der Waals surface area contributed by atoms with Gasteiger partial charge in [0.25, 0.3) is 0 Å². The third-order valence-electron chi connectivity index (χ3n) is 6.26. The van der Waals surface area contributed by atoms with Gasteiger partial charge in [0.1, 0.15) is 0 Å². The van der Waals surface area contributed by atoms with E-state index in [1.807, 2.05) is 18.3 Å². The third-order valence-corrected chi connectivity index (χ3v) is 6.26. The van der Waals surface area contributed by atoms with Gasteiger partial charge in [0, 0.05) is 18.8 Å². The quantitative estimate of drug-likeness (QED) is 0.304. The summed E-state index contributed by atoms with van der Waals surface area (Å²) in [6.07, 6.45) is 1.85. The molecule has 0 fully saturated rings. The lowest BCUT2D eigenvalue weighted by Gasteiger charge is -2.18. The Labute approximate surface area is 229 Å². The Hall–Kier alpha value is -2.65. The van der Waals surface area contributed by atoms with Crippen molar-refractivity contribution in [1.29, 1.82) is 0 Å². The average Bonchev–Trinajstić information content (AvgIpc) is 2.88. The van der Waals surface area contributed by atoms with Crippen LogP contribution in [0.15, 0.2) is 66.9 Å². The molecule has 3 aromatic rings. The molecule has 3 heteroatoms. The van der Waals surface area contributed by atoms with Crippen LogP contribution >= 0.6 is 0 Å². The monoisotopic (exact) mass is 506 g/mol. The minimum absolute atomic E-state index is 0. The van der Waals surface area contributed by atoms with E-state index in [1.165, 1.54) is 27.8 Å². The zero-order valence-corrected chi connectivity index (χ0v) is 24.5. The van der Waals surface area contributed by atoms with Gasteiger partial charge in [-0.1, -0.05) is 123 Å². The summed E-state index contributed by atoms with van der Waals surface area (Å²) in [6, 6.07) is 21.5. The van der Waals surface area contributed by atoms with Gasteiger partial charge < -0.3 is 4.74 Å². The molecule has 0 radical (unpaired) electrons. The van der Waals surface area contributed by atoms with Crippen LogP contribution in [0.25, 0.3) is 0 Å². The van der Waals surface area contributed by atoms with Crippen LogP contribution < -0.4 is 4.74 Å². The highest BCUT2D eigenvalue weighted by Crippen LogP contribution is 2.17. The number of hydrogen-bond acceptors (Lipinski definition) is 3. The van der Waals surface area contributed by atoms with Gasteiger partial charge >= 0.3 is 0 Å². The molecule has 1 heterocycles. The van der Waals surface area contributed by atoms with E-state index < -0.39 is 0 Å². The van der Waals surface area contributed by atoms with Crippen molar-refractivity contribution in [3.05, 3.63) is 94.7 Å². The van der Waals surface area contributed by atoms with Crippen molar-refractivity contribution >= 4 is 0 Å². The second-order valence-electron chi connectivity index (χ2n) is 10.2. The van der Waals surface area contributed by atoms with Gasteiger partial charge in [-0.3, -0.25) is 4.90 Å². The number of rotatable bonds is 8. The van der Waals surface area contributed by atoms with Gasteiger partial charge in [0.05, 0.1) is 7.11 Å². The number of benzene rings is 2. The highest BCUT2D eigenvalue weighted by atomic mass is 16.5. The van der Waals surface area contributed by atoms with E-state index in [2.05, 4.69) is 121 Å². The maximum Gasteiger partial charge on any atom is 0.212 e. The number of methoxy groups -OCH3 is 1. The first-order valence-electron chi connectivity index (χ1n) is 13.5. The Kier molecular flexibility index (Phi) is 17.2. The first kappa shape index (κ1) is 34.4. The first-order chi connectivity index (χ1) is 17.1. The van der Waals surface area contributed by atoms with Crippen molar-refractivity contribution in [3.63, 3.8) is 0 Å². The molecule has 0 aliphatic heterocycles. The highest BCUT2D eigenvalue weighted by Gasteiger charge is 2.03. The fourth-order valence-electron chi connectivity index (χ4n) is 3.64. The predicted octanol–water partition coefficient (Wildman–Crippen LogP) is 9.62. The lowest BCUT2D eigenvalue weighted by atomic mass is 10.0. The van der Waals surface area contributed by atoms with Crippen LogP contribution in [0, 0.1) is 6.92 Å². The molecular weight excluding hydrogens is 452 g/mol. The van der Waals surface area contributed by atoms with E-state index >= 15 is 0 Å². The highest BCUT2D eigenvalue weighted by molar-refractivity contribution is 5.26. The van der Waals surface area contributed by atoms with E-state index in [-0.39, 0.29) is 7.43 Å². The molecule has 0 saturated heterocycles. The lowest BCUT2D eigenvalue weighted by Crippen LogP contribution is -2.22. The van der Waals surface area contributed by atoms with E-state index in [0.29, 0.717) is 23.6 Å². The number of hydrogen-bond donors (Lipinski definition) is 0. The third kappa shape index (κ3) is 13.5. The Balaban J connectivity index is 0.000000531. The topological polar surface area (TPSA) is 25.4 Å². The van der Waals surface area contributed by atoms with Gasteiger partial charge in [-0.15, -0.1) is 0 Å². The number of aryl methyl sites for hydroxylation is 1. The molecule has 0 aliphatic carbocycles. The molecule has 0 amide bonds. The second kappa shape index (κ2) is 18.6. The number of pyridine rings is 1. The van der Waals surface area contributed by atoms with Gasteiger partial charge in [0.15, 0.2) is 0 Å². The van der Waals surface area contributed by atoms with Gasteiger partial charge in [-0.25, -0.2) is 4.98 Å². The van der Waals surface area contributed by atoms with Crippen molar-refractivity contribution in [2.45, 2.75) is 94.0 Å². The van der Waals surface area contributed by atoms with Crippen LogP contribution in [0.2, 0.25) is 0 Å². The summed E-state index contributed by atoms with van der Waals surface area (Å²) in [6.45, 7) is 23.1. The van der Waals surface area contributed by atoms with E-state index in [4.69, 9.17) is 4.74 Å². The van der Waals surface area contributed by atoms with Crippen molar-refractivity contribution in [2.24, 2.45) is 0 Å². The van der Waals surface area contributed by atoms with Crippen molar-refractivity contribution in [2.75, 3.05) is 20.2 Å². The van der Waals surface area contributed by atoms with Crippen LogP contribution in [-0.2, 0) is 6.54 Å². The smallest absolute Gasteiger partial charge is 0.212 e. The number of ether oxygens (including phenoxy) is 1. The average molecular weight is 507 g/mol. The molecule has 1 aromatic heterocycles. The maximum absolute atomic E-state index is 4.94. The minimum Gasteiger partial charge on any atom is -0.481 e. The molecule has 0 saturated carbocycles. The normalized spacial score (nSPS) is 10.4. The summed E-state index contributed by atoms with van der Waals surface area (Å²) in [4.78, 5) is 6.54. The molecule has 0 atom stereocenters. The molecule has 206 valence electrons. The van der Waals surface area contributed by atoms with E-state index in [0.717, 1.165) is 19.6 Å². The fraction of sp³-hybridized carbons (Fsp3) is 0.500. The number of nitrogens with zero attached hydrogens (tertiary/aromatic N) is 2. The standard InChI is InChI=1S/C14H23N.C10H14.C9H13NO.CH4/c1-5-15(6-2)11-13-8-7-9-14(10-13)12(3)4;1-8(2)10-6-4-5-9(3)7-10;1-7(2)8-4-5-9(11-3)10-6-8;/h7-10,12H,5-6,11H2,1-4H3;4-8H,1-3H3;4-7H,1-3H3;1H4. The SMILES string of the molecule is C.CCN(CC)Cc1cccc(C(C)C)c1.COc1ccc(C(C)C)cn1.Cc1cccc(C(C)C)c1. The zero-order valence-electron chi connectivity index (χ0n) is 24.5. The molecule has 37 heavy (non-hydrogen) atoms. The zero-order chi connectivity index (χ0) is 27.1. The summed E-state index contributed by atoms with van der Waals surface area (Å²) in [5.74, 6) is 2.49. The molecule has 3 rings (SSSR count). The fourth-order valence-corrected chi connectivity index (χ4v) is 3.64. The first-order valence-corrected chi connectivity index (χ1v) is 13.5. The maximum atomic E-state index is 4.94. The molecule has 2 aromatic carbocycles. The van der Waals surface area contributed by atoms with Crippen molar-refractivity contribution < 1.29 is 4.74 Å². The van der Waals surface area contributed by atoms with Crippen LogP contribution in [0.4, 0.5) is 0 Å². The second-order valence-corrected chi connectivity index (χ2v) is 10.2. The molecule has 0 unspecified atom stereocenters. The largest absolute Gasteiger partial charge is 0.481 e. The predicted molar refractivity (Wildman–Crippen MR) is 164 cm³/mol. The minimum atomic E-state index is 0. The molecule has 0 bridgehead atoms. The molecule has 3 nitrogen and oxygen atoms in total. The van der Waals surface area contributed by atoms with Crippen LogP contribution in [0.1, 0.15) is 108 Å². The number of aromatic nitrogens is 1. The van der Waals surface area contributed by atoms with Gasteiger partial charge in [-0.2, -0.15) is 0 Å². The Bertz CT molecular complexity index is 973. The van der Waals surface area contributed by atoms with Crippen LogP contribution in [-0.4, -0.2) is 30.1 Å². The van der Waals surface area contributed by atoms with E-state index in [9.17, 15) is 0 Å². The van der Waals surface area contributed by atoms with Crippen molar-refractivity contribution in [3.8, 4) is 5.88 Å². The van der Waals surface area contributed by atoms with Gasteiger partial charge in [0.2, 0.25) is 5.88 Å². The van der Waals surface area contributed by atoms with Gasteiger partial charge in [-0.05, 0) is 60.0 Å². The molecule has 0 N–H and O–H groups in total. The Morgan fingerprint density at radius 2 is 1.27 bits per heavy atom. The summed E-state index contributed by atoms with van der Waals surface area (Å²) < 4.78 is 4.94. The summed E-state index contributed by atoms with van der Waals surface area (Å²) >= 11 is 0. The Morgan fingerprint density at radius 1 is 0.730 bits per heavy atom. The van der Waals surface area contributed by atoms with Crippen LogP contribution in [0.3, 0.4) is 0 Å². The summed E-state index contributed by atoms with van der Waals surface area (Å²) in [5, 5.41) is 0. The van der Waals surface area contributed by atoms with E-state index in [1.54, 1.807) is 7.11 Å². The molecular formula is C34H54N2O.